The molecule has 4 aromatic rings. The lowest BCUT2D eigenvalue weighted by Gasteiger charge is -2.04. The Morgan fingerprint density at radius 2 is 2.00 bits per heavy atom. The molecule has 1 N–H and O–H groups in total. The molecule has 148 valence electrons. The zero-order valence-electron chi connectivity index (χ0n) is 16.0. The van der Waals surface area contributed by atoms with Crippen LogP contribution in [0, 0.1) is 17.0 Å². The number of rotatable bonds is 6. The first kappa shape index (κ1) is 19.0. The lowest BCUT2D eigenvalue weighted by molar-refractivity contribution is -0.384. The van der Waals surface area contributed by atoms with Crippen LogP contribution in [0.1, 0.15) is 27.2 Å². The number of ketones is 1. The Hall–Kier alpha value is -4.33. The Kier molecular flexibility index (Phi) is 5.04. The maximum atomic E-state index is 13.3. The van der Waals surface area contributed by atoms with Crippen molar-refractivity contribution < 1.29 is 9.72 Å². The van der Waals surface area contributed by atoms with Crippen LogP contribution < -0.4 is 5.43 Å². The summed E-state index contributed by atoms with van der Waals surface area (Å²) >= 11 is 0. The number of non-ortho nitro benzene ring substituents is 1. The zero-order valence-corrected chi connectivity index (χ0v) is 16.0. The number of aromatic nitrogens is 2. The number of carbonyl (C=O) groups excluding carboxylic acids is 1. The van der Waals surface area contributed by atoms with Crippen molar-refractivity contribution in [2.24, 2.45) is 5.10 Å². The number of fused-ring (bicyclic) bond motifs is 1. The van der Waals surface area contributed by atoms with E-state index in [0.717, 1.165) is 16.6 Å². The van der Waals surface area contributed by atoms with Gasteiger partial charge in [-0.2, -0.15) is 5.10 Å². The summed E-state index contributed by atoms with van der Waals surface area (Å²) in [5.41, 5.74) is 5.73. The van der Waals surface area contributed by atoms with Gasteiger partial charge in [0, 0.05) is 35.7 Å². The van der Waals surface area contributed by atoms with Crippen LogP contribution in [-0.2, 0) is 0 Å². The number of hydrogen-bond donors (Lipinski definition) is 1. The maximum absolute atomic E-state index is 13.3. The van der Waals surface area contributed by atoms with E-state index in [1.54, 1.807) is 35.1 Å². The van der Waals surface area contributed by atoms with E-state index in [2.05, 4.69) is 15.5 Å². The smallest absolute Gasteiger partial charge is 0.270 e. The number of nitro benzene ring substituents is 1. The molecule has 0 bridgehead atoms. The Labute approximate surface area is 171 Å². The lowest BCUT2D eigenvalue weighted by Crippen LogP contribution is -2.07. The van der Waals surface area contributed by atoms with Gasteiger partial charge in [0.25, 0.3) is 5.69 Å². The van der Waals surface area contributed by atoms with Gasteiger partial charge in [0.1, 0.15) is 5.82 Å². The largest absolute Gasteiger partial charge is 0.313 e. The molecule has 0 radical (unpaired) electrons. The molecule has 0 atom stereocenters. The first-order valence-electron chi connectivity index (χ1n) is 9.15. The second-order valence-corrected chi connectivity index (χ2v) is 6.56. The maximum Gasteiger partial charge on any atom is 0.270 e. The van der Waals surface area contributed by atoms with Crippen molar-refractivity contribution in [3.8, 4) is 0 Å². The molecular weight excluding hydrogens is 382 g/mol. The molecule has 1 aromatic carbocycles. The van der Waals surface area contributed by atoms with Crippen LogP contribution >= 0.6 is 0 Å². The van der Waals surface area contributed by atoms with Crippen LogP contribution in [0.3, 0.4) is 0 Å². The first-order valence-corrected chi connectivity index (χ1v) is 9.15. The number of nitro groups is 1. The predicted molar refractivity (Wildman–Crippen MR) is 114 cm³/mol. The predicted octanol–water partition coefficient (Wildman–Crippen LogP) is 4.23. The first-order chi connectivity index (χ1) is 14.6. The summed E-state index contributed by atoms with van der Waals surface area (Å²) in [6, 6.07) is 16.8. The summed E-state index contributed by atoms with van der Waals surface area (Å²) in [6.07, 6.45) is 5.09. The van der Waals surface area contributed by atoms with E-state index in [1.807, 2.05) is 37.3 Å². The molecule has 0 aliphatic carbocycles. The molecule has 0 amide bonds. The zero-order chi connectivity index (χ0) is 21.1. The molecule has 0 saturated heterocycles. The minimum Gasteiger partial charge on any atom is -0.313 e. The summed E-state index contributed by atoms with van der Waals surface area (Å²) in [5, 5.41) is 15.3. The second-order valence-electron chi connectivity index (χ2n) is 6.56. The van der Waals surface area contributed by atoms with Gasteiger partial charge in [0.05, 0.1) is 22.3 Å². The number of hydrogen-bond acceptors (Lipinski definition) is 6. The van der Waals surface area contributed by atoms with Gasteiger partial charge in [-0.15, -0.1) is 0 Å². The highest BCUT2D eigenvalue weighted by molar-refractivity contribution is 6.12. The third-order valence-electron chi connectivity index (χ3n) is 4.71. The van der Waals surface area contributed by atoms with E-state index in [0.29, 0.717) is 11.5 Å². The highest BCUT2D eigenvalue weighted by Gasteiger charge is 2.22. The number of nitrogens with zero attached hydrogens (tertiary/aromatic N) is 4. The second kappa shape index (κ2) is 7.96. The van der Waals surface area contributed by atoms with Crippen LogP contribution in [0.2, 0.25) is 0 Å². The highest BCUT2D eigenvalue weighted by atomic mass is 16.6. The van der Waals surface area contributed by atoms with Crippen molar-refractivity contribution in [3.05, 3.63) is 106 Å². The molecule has 8 nitrogen and oxygen atoms in total. The van der Waals surface area contributed by atoms with Crippen molar-refractivity contribution in [2.75, 3.05) is 5.43 Å². The molecule has 3 heterocycles. The molecule has 0 unspecified atom stereocenters. The summed E-state index contributed by atoms with van der Waals surface area (Å²) in [4.78, 5) is 28.0. The molecule has 30 heavy (non-hydrogen) atoms. The van der Waals surface area contributed by atoms with E-state index in [-0.39, 0.29) is 17.0 Å². The van der Waals surface area contributed by atoms with Crippen LogP contribution in [0.15, 0.2) is 78.2 Å². The average Bonchev–Trinajstić information content (AvgIpc) is 3.05. The topological polar surface area (TPSA) is 102 Å². The Bertz CT molecular complexity index is 1280. The van der Waals surface area contributed by atoms with E-state index < -0.39 is 4.92 Å². The third-order valence-corrected chi connectivity index (χ3v) is 4.71. The Balaban J connectivity index is 1.76. The Morgan fingerprint density at radius 3 is 2.77 bits per heavy atom. The number of benzene rings is 1. The molecular formula is C22H17N5O3. The van der Waals surface area contributed by atoms with Crippen molar-refractivity contribution in [2.45, 2.75) is 6.92 Å². The van der Waals surface area contributed by atoms with E-state index in [1.165, 1.54) is 18.2 Å². The van der Waals surface area contributed by atoms with Crippen molar-refractivity contribution in [1.29, 1.82) is 0 Å². The molecule has 0 fully saturated rings. The number of nitrogens with one attached hydrogen (secondary N) is 1. The van der Waals surface area contributed by atoms with Crippen LogP contribution in [0.5, 0.6) is 0 Å². The summed E-state index contributed by atoms with van der Waals surface area (Å²) in [5.74, 6) is 0.303. The summed E-state index contributed by atoms with van der Waals surface area (Å²) in [7, 11) is 0. The highest BCUT2D eigenvalue weighted by Crippen LogP contribution is 2.25. The molecule has 8 heteroatoms. The molecule has 4 rings (SSSR count). The fourth-order valence-corrected chi connectivity index (χ4v) is 3.29. The molecule has 3 aromatic heterocycles. The monoisotopic (exact) mass is 399 g/mol. The molecule has 0 aliphatic rings. The standard InChI is InChI=1S/C22H17N5O3/c1-15-18(14-24-25-20-10-2-4-11-23-20)19-9-3-5-12-26(19)21(15)22(28)16-7-6-8-17(13-16)27(29)30/h2-14H,1H3,(H,23,25)/b24-14-. The summed E-state index contributed by atoms with van der Waals surface area (Å²) in [6.45, 7) is 1.83. The van der Waals surface area contributed by atoms with E-state index in [9.17, 15) is 14.9 Å². The minimum absolute atomic E-state index is 0.124. The van der Waals surface area contributed by atoms with Gasteiger partial charge in [-0.25, -0.2) is 4.98 Å². The van der Waals surface area contributed by atoms with Gasteiger partial charge >= 0.3 is 0 Å². The van der Waals surface area contributed by atoms with Crippen molar-refractivity contribution >= 4 is 29.0 Å². The van der Waals surface area contributed by atoms with Crippen molar-refractivity contribution in [1.82, 2.24) is 9.38 Å². The quantitative estimate of drug-likeness (QED) is 0.226. The van der Waals surface area contributed by atoms with Gasteiger partial charge in [-0.3, -0.25) is 20.3 Å². The fourth-order valence-electron chi connectivity index (χ4n) is 3.29. The van der Waals surface area contributed by atoms with E-state index >= 15 is 0 Å². The van der Waals surface area contributed by atoms with Gasteiger partial charge < -0.3 is 4.40 Å². The lowest BCUT2D eigenvalue weighted by atomic mass is 10.0. The summed E-state index contributed by atoms with van der Waals surface area (Å²) < 4.78 is 1.78. The number of anilines is 1. The number of hydrazone groups is 1. The van der Waals surface area contributed by atoms with Crippen LogP contribution in [-0.4, -0.2) is 26.3 Å². The van der Waals surface area contributed by atoms with Gasteiger partial charge in [0.2, 0.25) is 5.78 Å². The van der Waals surface area contributed by atoms with E-state index in [4.69, 9.17) is 0 Å². The van der Waals surface area contributed by atoms with Gasteiger partial charge in [-0.1, -0.05) is 24.3 Å². The molecule has 0 spiro atoms. The minimum atomic E-state index is -0.513. The van der Waals surface area contributed by atoms with Crippen LogP contribution in [0.4, 0.5) is 11.5 Å². The fraction of sp³-hybridized carbons (Fsp3) is 0.0455. The Morgan fingerprint density at radius 1 is 1.17 bits per heavy atom. The van der Waals surface area contributed by atoms with Crippen LogP contribution in [0.25, 0.3) is 5.52 Å². The molecule has 0 saturated carbocycles. The SMILES string of the molecule is Cc1c(/C=N\Nc2ccccn2)c2ccccn2c1C(=O)c1cccc([N+](=O)[O-])c1. The number of pyridine rings is 2. The number of carbonyl (C=O) groups is 1. The average molecular weight is 399 g/mol. The third kappa shape index (κ3) is 3.53. The van der Waals surface area contributed by atoms with Crippen molar-refractivity contribution in [3.63, 3.8) is 0 Å². The molecule has 0 aliphatic heterocycles. The van der Waals surface area contributed by atoms with Gasteiger partial charge in [0.15, 0.2) is 0 Å². The normalized spacial score (nSPS) is 11.1. The van der Waals surface area contributed by atoms with Gasteiger partial charge in [-0.05, 0) is 36.8 Å².